The van der Waals surface area contributed by atoms with Crippen LogP contribution in [0.4, 0.5) is 10.1 Å². The van der Waals surface area contributed by atoms with Crippen LogP contribution in [-0.4, -0.2) is 16.3 Å². The van der Waals surface area contributed by atoms with Crippen LogP contribution in [0.3, 0.4) is 0 Å². The van der Waals surface area contributed by atoms with E-state index in [0.717, 1.165) is 11.1 Å². The first-order chi connectivity index (χ1) is 14.0. The molecule has 3 aromatic carbocycles. The van der Waals surface area contributed by atoms with Crippen LogP contribution in [0, 0.1) is 12.7 Å². The van der Waals surface area contributed by atoms with Crippen molar-refractivity contribution < 1.29 is 14.0 Å². The summed E-state index contributed by atoms with van der Waals surface area (Å²) in [5, 5.41) is 3.55. The lowest BCUT2D eigenvalue weighted by Crippen LogP contribution is -2.18. The van der Waals surface area contributed by atoms with Gasteiger partial charge in [-0.1, -0.05) is 42.5 Å². The van der Waals surface area contributed by atoms with E-state index in [1.54, 1.807) is 29.0 Å². The number of carbonyl (C=O) groups excluding carboxylic acids is 2. The van der Waals surface area contributed by atoms with E-state index in [4.69, 9.17) is 0 Å². The first kappa shape index (κ1) is 18.6. The molecule has 4 nitrogen and oxygen atoms in total. The maximum absolute atomic E-state index is 14.1. The Balaban J connectivity index is 1.66. The van der Waals surface area contributed by atoms with Crippen molar-refractivity contribution in [1.29, 1.82) is 0 Å². The molecular weight excluding hydrogens is 367 g/mol. The van der Waals surface area contributed by atoms with E-state index in [-0.39, 0.29) is 18.0 Å². The van der Waals surface area contributed by atoms with Gasteiger partial charge in [-0.05, 0) is 42.8 Å². The Morgan fingerprint density at radius 2 is 1.69 bits per heavy atom. The number of ketones is 1. The first-order valence-corrected chi connectivity index (χ1v) is 9.26. The predicted molar refractivity (Wildman–Crippen MR) is 112 cm³/mol. The average molecular weight is 386 g/mol. The van der Waals surface area contributed by atoms with Crippen molar-refractivity contribution in [2.45, 2.75) is 13.5 Å². The highest BCUT2D eigenvalue weighted by molar-refractivity contribution is 6.16. The maximum atomic E-state index is 14.1. The van der Waals surface area contributed by atoms with Crippen LogP contribution in [-0.2, 0) is 11.3 Å². The lowest BCUT2D eigenvalue weighted by Gasteiger charge is -2.08. The number of fused-ring (bicyclic) bond motifs is 1. The molecule has 0 saturated carbocycles. The molecule has 0 aliphatic rings. The normalized spacial score (nSPS) is 10.8. The second kappa shape index (κ2) is 7.72. The number of rotatable bonds is 5. The molecular formula is C24H19FN2O2. The number of amides is 1. The second-order valence-electron chi connectivity index (χ2n) is 6.91. The Morgan fingerprint density at radius 3 is 2.48 bits per heavy atom. The number of carbonyl (C=O) groups is 2. The van der Waals surface area contributed by atoms with E-state index in [1.807, 2.05) is 49.4 Å². The third-order valence-electron chi connectivity index (χ3n) is 4.77. The molecule has 0 saturated heterocycles. The fourth-order valence-electron chi connectivity index (χ4n) is 3.43. The molecule has 0 aliphatic carbocycles. The lowest BCUT2D eigenvalue weighted by atomic mass is 10.0. The highest BCUT2D eigenvalue weighted by Crippen LogP contribution is 2.25. The van der Waals surface area contributed by atoms with Crippen molar-refractivity contribution in [2.24, 2.45) is 0 Å². The summed E-state index contributed by atoms with van der Waals surface area (Å²) >= 11 is 0. The summed E-state index contributed by atoms with van der Waals surface area (Å²) in [4.78, 5) is 25.5. The first-order valence-electron chi connectivity index (χ1n) is 9.26. The third-order valence-corrected chi connectivity index (χ3v) is 4.77. The van der Waals surface area contributed by atoms with Gasteiger partial charge in [0.2, 0.25) is 5.91 Å². The molecule has 5 heteroatoms. The Hall–Kier alpha value is -3.73. The van der Waals surface area contributed by atoms with Gasteiger partial charge in [-0.25, -0.2) is 4.39 Å². The van der Waals surface area contributed by atoms with E-state index < -0.39 is 11.6 Å². The van der Waals surface area contributed by atoms with Gasteiger partial charge >= 0.3 is 0 Å². The highest BCUT2D eigenvalue weighted by Gasteiger charge is 2.20. The minimum absolute atomic E-state index is 0.0135. The predicted octanol–water partition coefficient (Wildman–Crippen LogP) is 4.96. The van der Waals surface area contributed by atoms with Gasteiger partial charge in [0.15, 0.2) is 5.78 Å². The Bertz CT molecular complexity index is 1230. The number of hydrogen-bond acceptors (Lipinski definition) is 2. The van der Waals surface area contributed by atoms with Crippen LogP contribution in [0.1, 0.15) is 21.5 Å². The molecule has 0 fully saturated rings. The summed E-state index contributed by atoms with van der Waals surface area (Å²) in [5.74, 6) is -1.18. The largest absolute Gasteiger partial charge is 0.337 e. The number of anilines is 1. The summed E-state index contributed by atoms with van der Waals surface area (Å²) in [7, 11) is 0. The van der Waals surface area contributed by atoms with Crippen molar-refractivity contribution in [2.75, 3.05) is 5.32 Å². The van der Waals surface area contributed by atoms with Gasteiger partial charge < -0.3 is 9.88 Å². The van der Waals surface area contributed by atoms with E-state index in [1.165, 1.54) is 12.1 Å². The van der Waals surface area contributed by atoms with Gasteiger partial charge in [0.25, 0.3) is 0 Å². The molecule has 0 atom stereocenters. The summed E-state index contributed by atoms with van der Waals surface area (Å²) in [6.07, 6.45) is 1.62. The molecule has 0 spiro atoms. The molecule has 1 heterocycles. The fourth-order valence-corrected chi connectivity index (χ4v) is 3.43. The molecule has 1 aromatic heterocycles. The molecule has 144 valence electrons. The van der Waals surface area contributed by atoms with Gasteiger partial charge in [-0.15, -0.1) is 0 Å². The number of halogens is 1. The van der Waals surface area contributed by atoms with Crippen LogP contribution < -0.4 is 5.32 Å². The summed E-state index contributed by atoms with van der Waals surface area (Å²) in [5.41, 5.74) is 2.89. The fraction of sp³-hybridized carbons (Fsp3) is 0.0833. The van der Waals surface area contributed by atoms with Gasteiger partial charge in [-0.2, -0.15) is 0 Å². The van der Waals surface area contributed by atoms with Crippen molar-refractivity contribution in [3.05, 3.63) is 102 Å². The zero-order valence-corrected chi connectivity index (χ0v) is 15.9. The van der Waals surface area contributed by atoms with Crippen molar-refractivity contribution in [1.82, 2.24) is 4.57 Å². The van der Waals surface area contributed by atoms with E-state index >= 15 is 0 Å². The highest BCUT2D eigenvalue weighted by atomic mass is 19.1. The van der Waals surface area contributed by atoms with Crippen LogP contribution in [0.2, 0.25) is 0 Å². The number of nitrogens with zero attached hydrogens (tertiary/aromatic N) is 1. The van der Waals surface area contributed by atoms with Gasteiger partial charge in [-0.3, -0.25) is 9.59 Å². The van der Waals surface area contributed by atoms with Crippen LogP contribution in [0.15, 0.2) is 79.0 Å². The summed E-state index contributed by atoms with van der Waals surface area (Å²) in [6.45, 7) is 1.99. The average Bonchev–Trinajstić information content (AvgIpc) is 3.06. The molecule has 4 rings (SSSR count). The molecule has 0 aliphatic heterocycles. The van der Waals surface area contributed by atoms with Gasteiger partial charge in [0.05, 0.1) is 5.56 Å². The SMILES string of the molecule is Cc1cccc(NC(=O)Cn2cc(C(=O)c3ccccc3F)c3ccccc32)c1. The van der Waals surface area contributed by atoms with E-state index in [9.17, 15) is 14.0 Å². The van der Waals surface area contributed by atoms with Crippen LogP contribution in [0.5, 0.6) is 0 Å². The summed E-state index contributed by atoms with van der Waals surface area (Å²) in [6, 6.07) is 20.8. The minimum Gasteiger partial charge on any atom is -0.337 e. The molecule has 1 N–H and O–H groups in total. The van der Waals surface area contributed by atoms with Gasteiger partial charge in [0.1, 0.15) is 12.4 Å². The standard InChI is InChI=1S/C24H19FN2O2/c1-16-7-6-8-17(13-16)26-23(28)15-27-14-20(18-9-3-5-12-22(18)27)24(29)19-10-2-4-11-21(19)25/h2-14H,15H2,1H3,(H,26,28). The molecule has 0 bridgehead atoms. The van der Waals surface area contributed by atoms with Gasteiger partial charge in [0, 0.05) is 28.4 Å². The van der Waals surface area contributed by atoms with Crippen LogP contribution in [0.25, 0.3) is 10.9 Å². The zero-order chi connectivity index (χ0) is 20.4. The number of benzene rings is 3. The Labute approximate surface area is 167 Å². The second-order valence-corrected chi connectivity index (χ2v) is 6.91. The Morgan fingerprint density at radius 1 is 0.931 bits per heavy atom. The molecule has 1 amide bonds. The molecule has 0 radical (unpaired) electrons. The van der Waals surface area contributed by atoms with Crippen molar-refractivity contribution in [3.8, 4) is 0 Å². The number of hydrogen-bond donors (Lipinski definition) is 1. The van der Waals surface area contributed by atoms with E-state index in [0.29, 0.717) is 16.6 Å². The maximum Gasteiger partial charge on any atom is 0.244 e. The van der Waals surface area contributed by atoms with Crippen molar-refractivity contribution in [3.63, 3.8) is 0 Å². The monoisotopic (exact) mass is 386 g/mol. The van der Waals surface area contributed by atoms with Crippen molar-refractivity contribution >= 4 is 28.3 Å². The topological polar surface area (TPSA) is 51.1 Å². The zero-order valence-electron chi connectivity index (χ0n) is 15.9. The lowest BCUT2D eigenvalue weighted by molar-refractivity contribution is -0.116. The number of aromatic nitrogens is 1. The molecule has 0 unspecified atom stereocenters. The molecule has 29 heavy (non-hydrogen) atoms. The number of aryl methyl sites for hydroxylation is 1. The Kier molecular flexibility index (Phi) is 4.96. The van der Waals surface area contributed by atoms with Crippen LogP contribution >= 0.6 is 0 Å². The quantitative estimate of drug-likeness (QED) is 0.493. The molecule has 4 aromatic rings. The smallest absolute Gasteiger partial charge is 0.244 e. The number of nitrogens with one attached hydrogen (secondary N) is 1. The number of para-hydroxylation sites is 1. The third kappa shape index (κ3) is 3.80. The van der Waals surface area contributed by atoms with E-state index in [2.05, 4.69) is 5.32 Å². The minimum atomic E-state index is -0.563. The summed E-state index contributed by atoms with van der Waals surface area (Å²) < 4.78 is 15.8.